The van der Waals surface area contributed by atoms with Crippen molar-refractivity contribution in [2.75, 3.05) is 12.4 Å². The summed E-state index contributed by atoms with van der Waals surface area (Å²) >= 11 is 0. The van der Waals surface area contributed by atoms with Crippen molar-refractivity contribution in [3.63, 3.8) is 0 Å². The fraction of sp³-hybridized carbons (Fsp3) is 0.414. The Balaban J connectivity index is 1.37. The molecular weight excluding hydrogens is 548 g/mol. The summed E-state index contributed by atoms with van der Waals surface area (Å²) in [7, 11) is 1.28. The highest BCUT2D eigenvalue weighted by Crippen LogP contribution is 2.31. The van der Waals surface area contributed by atoms with Gasteiger partial charge in [0.1, 0.15) is 17.1 Å². The van der Waals surface area contributed by atoms with Crippen molar-refractivity contribution >= 4 is 23.5 Å². The minimum atomic E-state index is -2.84. The summed E-state index contributed by atoms with van der Waals surface area (Å²) in [4.78, 5) is 28.8. The minimum absolute atomic E-state index is 0.0575. The van der Waals surface area contributed by atoms with E-state index in [0.29, 0.717) is 22.7 Å². The van der Waals surface area contributed by atoms with E-state index in [0.717, 1.165) is 25.7 Å². The van der Waals surface area contributed by atoms with E-state index in [4.69, 9.17) is 9.47 Å². The van der Waals surface area contributed by atoms with Gasteiger partial charge in [-0.3, -0.25) is 0 Å². The molecule has 2 N–H and O–H groups in total. The number of fused-ring (bicyclic) bond motifs is 1. The Hall–Kier alpha value is -4.55. The molecule has 42 heavy (non-hydrogen) atoms. The van der Waals surface area contributed by atoms with Gasteiger partial charge in [0.2, 0.25) is 0 Å². The summed E-state index contributed by atoms with van der Waals surface area (Å²) in [6.07, 6.45) is 3.53. The Bertz CT molecular complexity index is 1580. The third-order valence-corrected chi connectivity index (χ3v) is 6.90. The number of halogens is 2. The van der Waals surface area contributed by atoms with E-state index in [-0.39, 0.29) is 23.3 Å². The molecule has 222 valence electrons. The number of hydrogen-bond donors (Lipinski definition) is 2. The number of anilines is 1. The maximum Gasteiger partial charge on any atom is 0.407 e. The van der Waals surface area contributed by atoms with E-state index in [1.807, 2.05) is 20.8 Å². The van der Waals surface area contributed by atoms with E-state index in [9.17, 15) is 18.4 Å². The van der Waals surface area contributed by atoms with Crippen molar-refractivity contribution < 1.29 is 27.8 Å². The lowest BCUT2D eigenvalue weighted by molar-refractivity contribution is 0.0487. The number of carbonyl (C=O) groups is 2. The lowest BCUT2D eigenvalue weighted by Gasteiger charge is -2.33. The Kier molecular flexibility index (Phi) is 8.10. The second-order valence-electron chi connectivity index (χ2n) is 11.1. The van der Waals surface area contributed by atoms with Crippen LogP contribution < -0.4 is 10.6 Å². The SMILES string of the molecule is COC(=O)c1ccc(-n2cc(-c3cc4nc(N[C@@H]5CCCC[C@@H]5NC(=O)OC(C)(C)C)ccn4n3)c(C(F)F)n2)cc1. The highest BCUT2D eigenvalue weighted by atomic mass is 19.3. The predicted molar refractivity (Wildman–Crippen MR) is 151 cm³/mol. The first-order valence-electron chi connectivity index (χ1n) is 13.7. The molecule has 0 radical (unpaired) electrons. The first-order chi connectivity index (χ1) is 20.0. The second-order valence-corrected chi connectivity index (χ2v) is 11.1. The number of alkyl halides is 2. The molecule has 4 aromatic rings. The third kappa shape index (κ3) is 6.50. The molecule has 0 saturated heterocycles. The zero-order valence-corrected chi connectivity index (χ0v) is 23.8. The molecule has 0 bridgehead atoms. The van der Waals surface area contributed by atoms with Gasteiger partial charge in [-0.25, -0.2) is 32.6 Å². The van der Waals surface area contributed by atoms with Crippen LogP contribution in [0.4, 0.5) is 19.4 Å². The molecule has 1 aliphatic carbocycles. The molecule has 3 heterocycles. The van der Waals surface area contributed by atoms with E-state index < -0.39 is 29.8 Å². The maximum absolute atomic E-state index is 14.0. The van der Waals surface area contributed by atoms with E-state index in [2.05, 4.69) is 25.8 Å². The third-order valence-electron chi connectivity index (χ3n) is 6.90. The summed E-state index contributed by atoms with van der Waals surface area (Å²) < 4.78 is 41.0. The average molecular weight is 582 g/mol. The van der Waals surface area contributed by atoms with Gasteiger partial charge in [0.25, 0.3) is 6.43 Å². The monoisotopic (exact) mass is 581 g/mol. The van der Waals surface area contributed by atoms with Gasteiger partial charge in [-0.05, 0) is 63.9 Å². The Morgan fingerprint density at radius 1 is 1.05 bits per heavy atom. The molecule has 1 aliphatic rings. The number of ether oxygens (including phenoxy) is 2. The van der Waals surface area contributed by atoms with Crippen LogP contribution in [0.25, 0.3) is 22.6 Å². The molecular formula is C29H33F2N7O4. The highest BCUT2D eigenvalue weighted by Gasteiger charge is 2.29. The van der Waals surface area contributed by atoms with Crippen molar-refractivity contribution in [1.29, 1.82) is 0 Å². The van der Waals surface area contributed by atoms with Gasteiger partial charge in [0.15, 0.2) is 5.65 Å². The number of aromatic nitrogens is 5. The maximum atomic E-state index is 14.0. The predicted octanol–water partition coefficient (Wildman–Crippen LogP) is 5.55. The van der Waals surface area contributed by atoms with E-state index in [1.165, 1.54) is 34.6 Å². The first-order valence-corrected chi connectivity index (χ1v) is 13.7. The van der Waals surface area contributed by atoms with Crippen LogP contribution in [0, 0.1) is 0 Å². The number of methoxy groups -OCH3 is 1. The van der Waals surface area contributed by atoms with Crippen LogP contribution in [0.2, 0.25) is 0 Å². The topological polar surface area (TPSA) is 125 Å². The molecule has 3 aromatic heterocycles. The molecule has 1 aromatic carbocycles. The van der Waals surface area contributed by atoms with Crippen molar-refractivity contribution in [2.45, 2.75) is 70.6 Å². The number of nitrogens with zero attached hydrogens (tertiary/aromatic N) is 5. The van der Waals surface area contributed by atoms with Gasteiger partial charge in [-0.2, -0.15) is 10.2 Å². The van der Waals surface area contributed by atoms with Crippen LogP contribution in [0.3, 0.4) is 0 Å². The zero-order chi connectivity index (χ0) is 30.0. The summed E-state index contributed by atoms with van der Waals surface area (Å²) in [5.41, 5.74) is 0.712. The zero-order valence-electron chi connectivity index (χ0n) is 23.8. The van der Waals surface area contributed by atoms with Crippen molar-refractivity contribution in [2.24, 2.45) is 0 Å². The smallest absolute Gasteiger partial charge is 0.407 e. The van der Waals surface area contributed by atoms with Gasteiger partial charge < -0.3 is 20.1 Å². The standard InChI is InChI=1S/C29H33F2N7O4/c1-29(2,3)42-28(40)33-21-8-6-5-7-20(21)32-23-13-14-37-24(34-23)15-22(35-37)19-16-38(36-25(19)26(30)31)18-11-9-17(10-12-18)27(39)41-4/h9-16,20-21,26H,5-8H2,1-4H3,(H,32,34)(H,33,40)/t20-,21+/m1/s1. The second kappa shape index (κ2) is 11.7. The fourth-order valence-electron chi connectivity index (χ4n) is 4.96. The lowest BCUT2D eigenvalue weighted by atomic mass is 9.90. The largest absolute Gasteiger partial charge is 0.465 e. The average Bonchev–Trinajstić information content (AvgIpc) is 3.57. The van der Waals surface area contributed by atoms with Gasteiger partial charge in [-0.1, -0.05) is 12.8 Å². The summed E-state index contributed by atoms with van der Waals surface area (Å²) in [6, 6.07) is 9.45. The normalized spacial score (nSPS) is 17.3. The van der Waals surface area contributed by atoms with Gasteiger partial charge in [0.05, 0.1) is 30.1 Å². The Morgan fingerprint density at radius 3 is 2.43 bits per heavy atom. The van der Waals surface area contributed by atoms with Crippen LogP contribution in [0.5, 0.6) is 0 Å². The number of esters is 1. The molecule has 0 aliphatic heterocycles. The Labute approximate surface area is 241 Å². The molecule has 13 heteroatoms. The van der Waals surface area contributed by atoms with Crippen molar-refractivity contribution in [3.8, 4) is 16.9 Å². The summed E-state index contributed by atoms with van der Waals surface area (Å²) in [6.45, 7) is 5.46. The Morgan fingerprint density at radius 2 is 1.76 bits per heavy atom. The summed E-state index contributed by atoms with van der Waals surface area (Å²) in [5.74, 6) is 0.0765. The highest BCUT2D eigenvalue weighted by molar-refractivity contribution is 5.89. The minimum Gasteiger partial charge on any atom is -0.465 e. The van der Waals surface area contributed by atoms with Crippen LogP contribution in [0.1, 0.15) is 68.9 Å². The van der Waals surface area contributed by atoms with Crippen LogP contribution in [-0.4, -0.2) is 61.2 Å². The van der Waals surface area contributed by atoms with Crippen LogP contribution in [-0.2, 0) is 9.47 Å². The molecule has 1 fully saturated rings. The molecule has 5 rings (SSSR count). The molecule has 2 atom stereocenters. The molecule has 1 amide bonds. The number of hydrogen-bond acceptors (Lipinski definition) is 8. The summed E-state index contributed by atoms with van der Waals surface area (Å²) in [5, 5.41) is 15.0. The molecule has 0 unspecified atom stereocenters. The quantitative estimate of drug-likeness (QED) is 0.272. The fourth-order valence-corrected chi connectivity index (χ4v) is 4.96. The number of amides is 1. The number of benzene rings is 1. The number of alkyl carbamates (subject to hydrolysis) is 1. The molecule has 1 saturated carbocycles. The van der Waals surface area contributed by atoms with E-state index >= 15 is 0 Å². The van der Waals surface area contributed by atoms with Crippen LogP contribution in [0.15, 0.2) is 48.8 Å². The lowest BCUT2D eigenvalue weighted by Crippen LogP contribution is -2.49. The number of nitrogens with one attached hydrogen (secondary N) is 2. The molecule has 0 spiro atoms. The van der Waals surface area contributed by atoms with Crippen molar-refractivity contribution in [1.82, 2.24) is 29.7 Å². The van der Waals surface area contributed by atoms with Gasteiger partial charge in [0, 0.05) is 30.1 Å². The van der Waals surface area contributed by atoms with Crippen LogP contribution >= 0.6 is 0 Å². The van der Waals surface area contributed by atoms with Crippen molar-refractivity contribution in [3.05, 3.63) is 60.0 Å². The van der Waals surface area contributed by atoms with E-state index in [1.54, 1.807) is 30.5 Å². The number of carbonyl (C=O) groups excluding carboxylic acids is 2. The number of rotatable bonds is 7. The first kappa shape index (κ1) is 29.0. The molecule has 11 nitrogen and oxygen atoms in total. The van der Waals surface area contributed by atoms with Gasteiger partial charge >= 0.3 is 12.1 Å². The van der Waals surface area contributed by atoms with Gasteiger partial charge in [-0.15, -0.1) is 0 Å².